The number of hydrogen-bond acceptors (Lipinski definition) is 4. The molecular weight excluding hydrogens is 276 g/mol. The van der Waals surface area contributed by atoms with Crippen LogP contribution >= 0.6 is 0 Å². The molecular formula is C14H20N2O5. The Kier molecular flexibility index (Phi) is 7.67. The number of ether oxygens (including phenoxy) is 2. The average molecular weight is 296 g/mol. The molecule has 0 unspecified atom stereocenters. The SMILES string of the molecule is COCCOc1ccc(NC(=O)NCCCC(=O)O)cc1. The van der Waals surface area contributed by atoms with Crippen LogP contribution in [0.1, 0.15) is 12.8 Å². The maximum absolute atomic E-state index is 11.5. The van der Waals surface area contributed by atoms with Gasteiger partial charge < -0.3 is 25.2 Å². The van der Waals surface area contributed by atoms with Crippen LogP contribution < -0.4 is 15.4 Å². The number of rotatable bonds is 9. The molecule has 0 saturated carbocycles. The van der Waals surface area contributed by atoms with Gasteiger partial charge in [-0.1, -0.05) is 0 Å². The number of nitrogens with one attached hydrogen (secondary N) is 2. The molecule has 116 valence electrons. The minimum Gasteiger partial charge on any atom is -0.491 e. The van der Waals surface area contributed by atoms with Gasteiger partial charge in [0.1, 0.15) is 12.4 Å². The largest absolute Gasteiger partial charge is 0.491 e. The van der Waals surface area contributed by atoms with Gasteiger partial charge in [-0.15, -0.1) is 0 Å². The molecule has 0 aromatic heterocycles. The maximum Gasteiger partial charge on any atom is 0.319 e. The average Bonchev–Trinajstić information content (AvgIpc) is 2.45. The van der Waals surface area contributed by atoms with Crippen molar-refractivity contribution >= 4 is 17.7 Å². The predicted octanol–water partition coefficient (Wildman–Crippen LogP) is 1.70. The molecule has 1 rings (SSSR count). The molecule has 0 spiro atoms. The summed E-state index contributed by atoms with van der Waals surface area (Å²) in [5.74, 6) is -0.180. The van der Waals surface area contributed by atoms with Crippen LogP contribution in [-0.4, -0.2) is 44.0 Å². The molecule has 0 aliphatic carbocycles. The van der Waals surface area contributed by atoms with Crippen LogP contribution in [-0.2, 0) is 9.53 Å². The fraction of sp³-hybridized carbons (Fsp3) is 0.429. The summed E-state index contributed by atoms with van der Waals surface area (Å²) in [5.41, 5.74) is 0.629. The third kappa shape index (κ3) is 7.78. The Bertz CT molecular complexity index is 447. The monoisotopic (exact) mass is 296 g/mol. The number of carbonyl (C=O) groups excluding carboxylic acids is 1. The second-order valence-electron chi connectivity index (χ2n) is 4.24. The zero-order valence-corrected chi connectivity index (χ0v) is 11.9. The summed E-state index contributed by atoms with van der Waals surface area (Å²) in [7, 11) is 1.60. The van der Waals surface area contributed by atoms with Gasteiger partial charge in [-0.3, -0.25) is 4.79 Å². The van der Waals surface area contributed by atoms with E-state index in [0.29, 0.717) is 37.6 Å². The Morgan fingerprint density at radius 3 is 2.52 bits per heavy atom. The first kappa shape index (κ1) is 16.8. The Morgan fingerprint density at radius 2 is 1.90 bits per heavy atom. The lowest BCUT2D eigenvalue weighted by molar-refractivity contribution is -0.137. The number of aliphatic carboxylic acids is 1. The van der Waals surface area contributed by atoms with Gasteiger partial charge in [0.15, 0.2) is 0 Å². The number of urea groups is 1. The molecule has 0 heterocycles. The first-order valence-electron chi connectivity index (χ1n) is 6.60. The first-order valence-corrected chi connectivity index (χ1v) is 6.60. The molecule has 3 N–H and O–H groups in total. The number of carbonyl (C=O) groups is 2. The Labute approximate surface area is 123 Å². The lowest BCUT2D eigenvalue weighted by Crippen LogP contribution is -2.29. The van der Waals surface area contributed by atoms with E-state index < -0.39 is 5.97 Å². The van der Waals surface area contributed by atoms with Crippen molar-refractivity contribution in [2.45, 2.75) is 12.8 Å². The van der Waals surface area contributed by atoms with Crippen LogP contribution in [0.4, 0.5) is 10.5 Å². The number of carboxylic acid groups (broad SMARTS) is 1. The summed E-state index contributed by atoms with van der Waals surface area (Å²) in [6, 6.07) is 6.57. The predicted molar refractivity (Wildman–Crippen MR) is 77.7 cm³/mol. The van der Waals surface area contributed by atoms with Gasteiger partial charge in [0.05, 0.1) is 6.61 Å². The lowest BCUT2D eigenvalue weighted by Gasteiger charge is -2.09. The van der Waals surface area contributed by atoms with Crippen LogP contribution in [0.5, 0.6) is 5.75 Å². The van der Waals surface area contributed by atoms with Gasteiger partial charge in [-0.2, -0.15) is 0 Å². The Hall–Kier alpha value is -2.28. The number of methoxy groups -OCH3 is 1. The van der Waals surface area contributed by atoms with E-state index in [0.717, 1.165) is 0 Å². The van der Waals surface area contributed by atoms with E-state index in [2.05, 4.69) is 10.6 Å². The van der Waals surface area contributed by atoms with Crippen molar-refractivity contribution in [3.63, 3.8) is 0 Å². The molecule has 0 bridgehead atoms. The molecule has 0 aliphatic rings. The topological polar surface area (TPSA) is 96.9 Å². The van der Waals surface area contributed by atoms with E-state index in [4.69, 9.17) is 14.6 Å². The zero-order valence-electron chi connectivity index (χ0n) is 11.9. The molecule has 1 aromatic carbocycles. The van der Waals surface area contributed by atoms with E-state index in [1.807, 2.05) is 0 Å². The van der Waals surface area contributed by atoms with Crippen LogP contribution in [0.2, 0.25) is 0 Å². The van der Waals surface area contributed by atoms with Crippen LogP contribution in [0.3, 0.4) is 0 Å². The van der Waals surface area contributed by atoms with Crippen molar-refractivity contribution in [1.82, 2.24) is 5.32 Å². The van der Waals surface area contributed by atoms with Crippen molar-refractivity contribution in [1.29, 1.82) is 0 Å². The summed E-state index contributed by atoms with van der Waals surface area (Å²) in [6.45, 7) is 1.29. The fourth-order valence-electron chi connectivity index (χ4n) is 1.49. The normalized spacial score (nSPS) is 9.95. The molecule has 21 heavy (non-hydrogen) atoms. The number of anilines is 1. The summed E-state index contributed by atoms with van der Waals surface area (Å²) < 4.78 is 10.3. The molecule has 0 aliphatic heterocycles. The Morgan fingerprint density at radius 1 is 1.19 bits per heavy atom. The molecule has 0 radical (unpaired) electrons. The highest BCUT2D eigenvalue weighted by Crippen LogP contribution is 2.15. The minimum absolute atomic E-state index is 0.0355. The van der Waals surface area contributed by atoms with Crippen LogP contribution in [0, 0.1) is 0 Å². The minimum atomic E-state index is -0.874. The van der Waals surface area contributed by atoms with Gasteiger partial charge >= 0.3 is 12.0 Å². The van der Waals surface area contributed by atoms with Gasteiger partial charge in [0, 0.05) is 25.8 Å². The number of carboxylic acids is 1. The first-order chi connectivity index (χ1) is 10.1. The molecule has 0 saturated heterocycles. The van der Waals surface area contributed by atoms with Crippen molar-refractivity contribution in [2.75, 3.05) is 32.2 Å². The second kappa shape index (κ2) is 9.60. The summed E-state index contributed by atoms with van der Waals surface area (Å²) in [6.07, 6.45) is 0.433. The Balaban J connectivity index is 2.27. The maximum atomic E-state index is 11.5. The van der Waals surface area contributed by atoms with Crippen molar-refractivity contribution in [3.8, 4) is 5.75 Å². The molecule has 7 nitrogen and oxygen atoms in total. The molecule has 0 atom stereocenters. The van der Waals surface area contributed by atoms with E-state index in [1.54, 1.807) is 31.4 Å². The van der Waals surface area contributed by atoms with Crippen LogP contribution in [0.15, 0.2) is 24.3 Å². The molecule has 0 fully saturated rings. The van der Waals surface area contributed by atoms with Crippen molar-refractivity contribution in [3.05, 3.63) is 24.3 Å². The molecule has 2 amide bonds. The summed E-state index contributed by atoms with van der Waals surface area (Å²) in [4.78, 5) is 21.8. The summed E-state index contributed by atoms with van der Waals surface area (Å²) in [5, 5.41) is 13.7. The second-order valence-corrected chi connectivity index (χ2v) is 4.24. The smallest absolute Gasteiger partial charge is 0.319 e. The summed E-state index contributed by atoms with van der Waals surface area (Å²) >= 11 is 0. The highest BCUT2D eigenvalue weighted by molar-refractivity contribution is 5.89. The number of amides is 2. The van der Waals surface area contributed by atoms with Gasteiger partial charge in [0.25, 0.3) is 0 Å². The molecule has 7 heteroatoms. The lowest BCUT2D eigenvalue weighted by atomic mass is 10.3. The van der Waals surface area contributed by atoms with Crippen molar-refractivity contribution < 1.29 is 24.2 Å². The number of hydrogen-bond donors (Lipinski definition) is 3. The third-order valence-electron chi connectivity index (χ3n) is 2.52. The van der Waals surface area contributed by atoms with Gasteiger partial charge in [-0.25, -0.2) is 4.79 Å². The third-order valence-corrected chi connectivity index (χ3v) is 2.52. The van der Waals surface area contributed by atoms with E-state index in [1.165, 1.54) is 0 Å². The molecule has 1 aromatic rings. The number of benzene rings is 1. The van der Waals surface area contributed by atoms with Crippen molar-refractivity contribution in [2.24, 2.45) is 0 Å². The van der Waals surface area contributed by atoms with Crippen LogP contribution in [0.25, 0.3) is 0 Å². The van der Waals surface area contributed by atoms with E-state index in [-0.39, 0.29) is 12.5 Å². The highest BCUT2D eigenvalue weighted by atomic mass is 16.5. The standard InChI is InChI=1S/C14H20N2O5/c1-20-9-10-21-12-6-4-11(5-7-12)16-14(19)15-8-2-3-13(17)18/h4-7H,2-3,8-10H2,1H3,(H,17,18)(H2,15,16,19). The van der Waals surface area contributed by atoms with E-state index >= 15 is 0 Å². The van der Waals surface area contributed by atoms with E-state index in [9.17, 15) is 9.59 Å². The van der Waals surface area contributed by atoms with Gasteiger partial charge in [-0.05, 0) is 30.7 Å². The quantitative estimate of drug-likeness (QED) is 0.603. The van der Waals surface area contributed by atoms with Gasteiger partial charge in [0.2, 0.25) is 0 Å². The zero-order chi connectivity index (χ0) is 15.5. The fourth-order valence-corrected chi connectivity index (χ4v) is 1.49. The highest BCUT2D eigenvalue weighted by Gasteiger charge is 2.02.